The molecule has 6 nitrogen and oxygen atoms in total. The van der Waals surface area contributed by atoms with E-state index in [0.29, 0.717) is 6.07 Å². The maximum absolute atomic E-state index is 12.6. The van der Waals surface area contributed by atoms with Crippen molar-refractivity contribution in [1.82, 2.24) is 9.97 Å². The summed E-state index contributed by atoms with van der Waals surface area (Å²) in [5.74, 6) is -1.13. The number of hydrogen-bond acceptors (Lipinski definition) is 5. The van der Waals surface area contributed by atoms with Crippen molar-refractivity contribution < 1.29 is 27.4 Å². The molecule has 0 saturated carbocycles. The molecular formula is C13H9F3N2O4. The zero-order chi connectivity index (χ0) is 16.3. The SMILES string of the molecule is COC(=O)c1cc(Oc2cc(=O)cc(C(F)(F)F)[nH]2)ccn1. The van der Waals surface area contributed by atoms with Crippen molar-refractivity contribution >= 4 is 5.97 Å². The fourth-order valence-electron chi connectivity index (χ4n) is 1.54. The number of carbonyl (C=O) groups excluding carboxylic acids is 1. The molecule has 116 valence electrons. The van der Waals surface area contributed by atoms with Crippen LogP contribution in [-0.4, -0.2) is 23.0 Å². The Balaban J connectivity index is 2.33. The van der Waals surface area contributed by atoms with E-state index in [2.05, 4.69) is 9.72 Å². The van der Waals surface area contributed by atoms with Gasteiger partial charge in [0.05, 0.1) is 7.11 Å². The number of methoxy groups -OCH3 is 1. The van der Waals surface area contributed by atoms with Crippen LogP contribution in [0.1, 0.15) is 16.2 Å². The maximum Gasteiger partial charge on any atom is 0.431 e. The molecule has 0 radical (unpaired) electrons. The van der Waals surface area contributed by atoms with Gasteiger partial charge >= 0.3 is 12.1 Å². The van der Waals surface area contributed by atoms with Crippen molar-refractivity contribution in [2.75, 3.05) is 7.11 Å². The van der Waals surface area contributed by atoms with E-state index >= 15 is 0 Å². The summed E-state index contributed by atoms with van der Waals surface area (Å²) in [5.41, 5.74) is -2.20. The summed E-state index contributed by atoms with van der Waals surface area (Å²) in [6.07, 6.45) is -3.50. The van der Waals surface area contributed by atoms with E-state index in [4.69, 9.17) is 4.74 Å². The number of esters is 1. The first-order valence-corrected chi connectivity index (χ1v) is 5.83. The van der Waals surface area contributed by atoms with Crippen LogP contribution in [-0.2, 0) is 10.9 Å². The second kappa shape index (κ2) is 5.88. The molecule has 0 aliphatic rings. The molecule has 0 aliphatic carbocycles. The number of ether oxygens (including phenoxy) is 2. The van der Waals surface area contributed by atoms with Crippen LogP contribution < -0.4 is 10.2 Å². The number of nitrogens with zero attached hydrogens (tertiary/aromatic N) is 1. The van der Waals surface area contributed by atoms with Crippen LogP contribution in [0, 0.1) is 0 Å². The van der Waals surface area contributed by atoms with Gasteiger partial charge < -0.3 is 14.5 Å². The number of pyridine rings is 2. The van der Waals surface area contributed by atoms with Crippen LogP contribution in [0.5, 0.6) is 11.6 Å². The molecule has 2 aromatic heterocycles. The van der Waals surface area contributed by atoms with Crippen LogP contribution in [0.15, 0.2) is 35.3 Å². The van der Waals surface area contributed by atoms with Gasteiger partial charge in [0.15, 0.2) is 11.1 Å². The lowest BCUT2D eigenvalue weighted by molar-refractivity contribution is -0.141. The number of hydrogen-bond donors (Lipinski definition) is 1. The first kappa shape index (κ1) is 15.5. The van der Waals surface area contributed by atoms with E-state index in [1.54, 1.807) is 0 Å². The summed E-state index contributed by atoms with van der Waals surface area (Å²) in [6, 6.07) is 3.75. The van der Waals surface area contributed by atoms with Gasteiger partial charge in [0.1, 0.15) is 11.4 Å². The number of nitrogens with one attached hydrogen (secondary N) is 1. The van der Waals surface area contributed by atoms with Crippen LogP contribution >= 0.6 is 0 Å². The van der Waals surface area contributed by atoms with Gasteiger partial charge in [0.2, 0.25) is 5.88 Å². The van der Waals surface area contributed by atoms with E-state index in [1.807, 2.05) is 4.98 Å². The van der Waals surface area contributed by atoms with Gasteiger partial charge in [-0.25, -0.2) is 9.78 Å². The molecule has 0 spiro atoms. The molecule has 1 N–H and O–H groups in total. The number of carbonyl (C=O) groups is 1. The maximum atomic E-state index is 12.6. The molecule has 0 saturated heterocycles. The van der Waals surface area contributed by atoms with E-state index < -0.39 is 29.1 Å². The fraction of sp³-hybridized carbons (Fsp3) is 0.154. The van der Waals surface area contributed by atoms with Gasteiger partial charge in [-0.05, 0) is 6.07 Å². The second-order valence-electron chi connectivity index (χ2n) is 4.06. The molecular weight excluding hydrogens is 305 g/mol. The largest absolute Gasteiger partial charge is 0.464 e. The Morgan fingerprint density at radius 3 is 2.64 bits per heavy atom. The molecule has 0 unspecified atom stereocenters. The molecule has 0 amide bonds. The van der Waals surface area contributed by atoms with Crippen molar-refractivity contribution in [3.63, 3.8) is 0 Å². The Labute approximate surface area is 121 Å². The molecule has 2 rings (SSSR count). The third-order valence-corrected chi connectivity index (χ3v) is 2.48. The summed E-state index contributed by atoms with van der Waals surface area (Å²) >= 11 is 0. The number of halogens is 3. The molecule has 0 aromatic carbocycles. The standard InChI is InChI=1S/C13H9F3N2O4/c1-21-12(20)9-6-8(2-3-17-9)22-11-5-7(19)4-10(18-11)13(14,15)16/h2-6H,1H3,(H,18,19). The minimum Gasteiger partial charge on any atom is -0.464 e. The Hall–Kier alpha value is -2.84. The highest BCUT2D eigenvalue weighted by Crippen LogP contribution is 2.28. The van der Waals surface area contributed by atoms with E-state index in [9.17, 15) is 22.8 Å². The van der Waals surface area contributed by atoms with Gasteiger partial charge in [0, 0.05) is 24.4 Å². The van der Waals surface area contributed by atoms with Crippen molar-refractivity contribution in [2.45, 2.75) is 6.18 Å². The lowest BCUT2D eigenvalue weighted by Crippen LogP contribution is -2.13. The minimum atomic E-state index is -4.71. The molecule has 0 aliphatic heterocycles. The first-order valence-electron chi connectivity index (χ1n) is 5.83. The van der Waals surface area contributed by atoms with Crippen LogP contribution in [0.4, 0.5) is 13.2 Å². The number of aromatic nitrogens is 2. The van der Waals surface area contributed by atoms with Crippen molar-refractivity contribution in [1.29, 1.82) is 0 Å². The quantitative estimate of drug-likeness (QED) is 0.880. The van der Waals surface area contributed by atoms with Gasteiger partial charge in [-0.3, -0.25) is 4.79 Å². The van der Waals surface area contributed by atoms with Crippen LogP contribution in [0.25, 0.3) is 0 Å². The third kappa shape index (κ3) is 3.62. The summed E-state index contributed by atoms with van der Waals surface area (Å²) in [4.78, 5) is 28.3. The number of alkyl halides is 3. The van der Waals surface area contributed by atoms with Crippen LogP contribution in [0.3, 0.4) is 0 Å². The number of aromatic amines is 1. The highest BCUT2D eigenvalue weighted by Gasteiger charge is 2.32. The number of rotatable bonds is 3. The number of H-pyrrole nitrogens is 1. The topological polar surface area (TPSA) is 81.3 Å². The Morgan fingerprint density at radius 2 is 2.00 bits per heavy atom. The van der Waals surface area contributed by atoms with Gasteiger partial charge in [0.25, 0.3) is 0 Å². The van der Waals surface area contributed by atoms with E-state index in [-0.39, 0.29) is 11.4 Å². The molecule has 9 heteroatoms. The predicted molar refractivity (Wildman–Crippen MR) is 67.7 cm³/mol. The highest BCUT2D eigenvalue weighted by atomic mass is 19.4. The van der Waals surface area contributed by atoms with Crippen molar-refractivity contribution in [3.05, 3.63) is 52.1 Å². The lowest BCUT2D eigenvalue weighted by atomic mass is 10.3. The third-order valence-electron chi connectivity index (χ3n) is 2.48. The molecule has 0 fully saturated rings. The molecule has 0 bridgehead atoms. The molecule has 22 heavy (non-hydrogen) atoms. The predicted octanol–water partition coefficient (Wildman–Crippen LogP) is 2.37. The van der Waals surface area contributed by atoms with Crippen LogP contribution in [0.2, 0.25) is 0 Å². The second-order valence-corrected chi connectivity index (χ2v) is 4.06. The highest BCUT2D eigenvalue weighted by molar-refractivity contribution is 5.87. The normalized spacial score (nSPS) is 11.1. The zero-order valence-corrected chi connectivity index (χ0v) is 11.1. The Bertz CT molecular complexity index is 755. The van der Waals surface area contributed by atoms with Crippen molar-refractivity contribution in [3.8, 4) is 11.6 Å². The average molecular weight is 314 g/mol. The first-order chi connectivity index (χ1) is 10.3. The minimum absolute atomic E-state index is 0.0189. The lowest BCUT2D eigenvalue weighted by Gasteiger charge is -2.10. The van der Waals surface area contributed by atoms with Gasteiger partial charge in [-0.2, -0.15) is 13.2 Å². The average Bonchev–Trinajstić information content (AvgIpc) is 2.45. The summed E-state index contributed by atoms with van der Waals surface area (Å²) < 4.78 is 47.4. The summed E-state index contributed by atoms with van der Waals surface area (Å²) in [6.45, 7) is 0. The summed E-state index contributed by atoms with van der Waals surface area (Å²) in [7, 11) is 1.15. The Kier molecular flexibility index (Phi) is 4.15. The van der Waals surface area contributed by atoms with E-state index in [0.717, 1.165) is 13.2 Å². The molecule has 0 atom stereocenters. The smallest absolute Gasteiger partial charge is 0.431 e. The van der Waals surface area contributed by atoms with Gasteiger partial charge in [-0.15, -0.1) is 0 Å². The Morgan fingerprint density at radius 1 is 1.27 bits per heavy atom. The zero-order valence-electron chi connectivity index (χ0n) is 11.1. The van der Waals surface area contributed by atoms with Crippen molar-refractivity contribution in [2.24, 2.45) is 0 Å². The molecule has 2 aromatic rings. The van der Waals surface area contributed by atoms with Gasteiger partial charge in [-0.1, -0.05) is 0 Å². The monoisotopic (exact) mass is 314 g/mol. The molecule has 2 heterocycles. The summed E-state index contributed by atoms with van der Waals surface area (Å²) in [5, 5.41) is 0. The fourth-order valence-corrected chi connectivity index (χ4v) is 1.54. The van der Waals surface area contributed by atoms with E-state index in [1.165, 1.54) is 18.3 Å².